The number of nitriles is 1. The minimum Gasteiger partial charge on any atom is -0.368 e. The molecule has 0 bridgehead atoms. The number of carbonyl (C=O) groups excluding carboxylic acids is 1. The van der Waals surface area contributed by atoms with Crippen molar-refractivity contribution < 1.29 is 13.6 Å². The largest absolute Gasteiger partial charge is 0.368 e. The number of nitrogens with zero attached hydrogens (tertiary/aromatic N) is 4. The van der Waals surface area contributed by atoms with Crippen molar-refractivity contribution in [3.63, 3.8) is 0 Å². The summed E-state index contributed by atoms with van der Waals surface area (Å²) in [5.41, 5.74) is 1.36. The summed E-state index contributed by atoms with van der Waals surface area (Å²) in [6.07, 6.45) is 2.00. The summed E-state index contributed by atoms with van der Waals surface area (Å²) in [5, 5.41) is 10.3. The Bertz CT molecular complexity index is 1160. The van der Waals surface area contributed by atoms with E-state index in [9.17, 15) is 18.8 Å². The third-order valence-electron chi connectivity index (χ3n) is 5.20. The smallest absolute Gasteiger partial charge is 0.253 e. The number of hydrogen-bond acceptors (Lipinski definition) is 4. The van der Waals surface area contributed by atoms with E-state index in [2.05, 4.69) is 11.1 Å². The number of carbonyl (C=O) groups is 1. The maximum absolute atomic E-state index is 14.3. The fraction of sp³-hybridized carbons (Fsp3) is 0.227. The molecular formula is C22H17ClF2N4O. The van der Waals surface area contributed by atoms with Crippen LogP contribution < -0.4 is 4.90 Å². The summed E-state index contributed by atoms with van der Waals surface area (Å²) in [6.45, 7) is 1.92. The van der Waals surface area contributed by atoms with Crippen molar-refractivity contribution in [3.8, 4) is 6.07 Å². The Labute approximate surface area is 177 Å². The summed E-state index contributed by atoms with van der Waals surface area (Å²) < 4.78 is 27.5. The minimum absolute atomic E-state index is 0.111. The zero-order valence-electron chi connectivity index (χ0n) is 15.9. The van der Waals surface area contributed by atoms with Crippen molar-refractivity contribution in [1.29, 1.82) is 5.26 Å². The lowest BCUT2D eigenvalue weighted by Crippen LogP contribution is -2.35. The highest BCUT2D eigenvalue weighted by atomic mass is 35.5. The monoisotopic (exact) mass is 426 g/mol. The van der Waals surface area contributed by atoms with Gasteiger partial charge in [-0.25, -0.2) is 8.78 Å². The first kappa shape index (κ1) is 20.0. The van der Waals surface area contributed by atoms with Gasteiger partial charge in [-0.1, -0.05) is 11.6 Å². The highest BCUT2D eigenvalue weighted by Gasteiger charge is 2.25. The molecule has 1 amide bonds. The van der Waals surface area contributed by atoms with Crippen LogP contribution in [0.15, 0.2) is 42.6 Å². The number of aromatic nitrogens is 1. The number of fused-ring (bicyclic) bond motifs is 1. The topological polar surface area (TPSA) is 60.2 Å². The van der Waals surface area contributed by atoms with Crippen molar-refractivity contribution in [2.75, 3.05) is 31.1 Å². The van der Waals surface area contributed by atoms with E-state index < -0.39 is 11.6 Å². The van der Waals surface area contributed by atoms with Crippen molar-refractivity contribution in [2.45, 2.75) is 6.42 Å². The van der Waals surface area contributed by atoms with Gasteiger partial charge in [-0.2, -0.15) is 5.26 Å². The van der Waals surface area contributed by atoms with Crippen molar-refractivity contribution >= 4 is 34.1 Å². The van der Waals surface area contributed by atoms with E-state index in [1.807, 2.05) is 4.90 Å². The zero-order valence-corrected chi connectivity index (χ0v) is 16.7. The van der Waals surface area contributed by atoms with E-state index in [4.69, 9.17) is 11.6 Å². The number of rotatable bonds is 2. The van der Waals surface area contributed by atoms with Gasteiger partial charge in [0.05, 0.1) is 16.3 Å². The van der Waals surface area contributed by atoms with Gasteiger partial charge >= 0.3 is 0 Å². The van der Waals surface area contributed by atoms with Crippen LogP contribution in [-0.4, -0.2) is 42.0 Å². The predicted octanol–water partition coefficient (Wildman–Crippen LogP) is 4.39. The molecule has 1 aromatic heterocycles. The van der Waals surface area contributed by atoms with Crippen LogP contribution >= 0.6 is 11.6 Å². The van der Waals surface area contributed by atoms with Crippen LogP contribution in [0.1, 0.15) is 22.3 Å². The van der Waals surface area contributed by atoms with E-state index in [-0.39, 0.29) is 11.4 Å². The fourth-order valence-electron chi connectivity index (χ4n) is 3.75. The van der Waals surface area contributed by atoms with Gasteiger partial charge in [0.1, 0.15) is 23.2 Å². The molecule has 4 rings (SSSR count). The SMILES string of the molecule is N#Cc1cnc2c(F)ccc(Cl)c2c1N1CCCN(C(=O)c2ccc(F)cc2)CC1. The van der Waals surface area contributed by atoms with Crippen LogP contribution in [0.25, 0.3) is 10.9 Å². The third-order valence-corrected chi connectivity index (χ3v) is 5.52. The quantitative estimate of drug-likeness (QED) is 0.609. The van der Waals surface area contributed by atoms with Gasteiger partial charge in [0.15, 0.2) is 0 Å². The van der Waals surface area contributed by atoms with Crippen LogP contribution in [0.3, 0.4) is 0 Å². The standard InChI is InChI=1S/C22H17ClF2N4O/c23-17-6-7-18(25)20-19(17)21(15(12-26)13-27-20)28-8-1-9-29(11-10-28)22(30)14-2-4-16(24)5-3-14/h2-7,13H,1,8-11H2. The lowest BCUT2D eigenvalue weighted by Gasteiger charge is -2.26. The van der Waals surface area contributed by atoms with Crippen LogP contribution in [0.4, 0.5) is 14.5 Å². The fourth-order valence-corrected chi connectivity index (χ4v) is 3.99. The van der Waals surface area contributed by atoms with E-state index in [0.717, 1.165) is 0 Å². The number of halogens is 3. The zero-order chi connectivity index (χ0) is 21.3. The van der Waals surface area contributed by atoms with Gasteiger partial charge in [0.2, 0.25) is 0 Å². The maximum atomic E-state index is 14.3. The molecule has 0 saturated carbocycles. The molecule has 8 heteroatoms. The average molecular weight is 427 g/mol. The molecule has 1 aliphatic rings. The van der Waals surface area contributed by atoms with Gasteiger partial charge in [0, 0.05) is 43.3 Å². The van der Waals surface area contributed by atoms with Gasteiger partial charge < -0.3 is 9.80 Å². The second kappa shape index (κ2) is 8.25. The van der Waals surface area contributed by atoms with Crippen LogP contribution in [-0.2, 0) is 0 Å². The van der Waals surface area contributed by atoms with Crippen molar-refractivity contribution in [3.05, 3.63) is 70.4 Å². The van der Waals surface area contributed by atoms with Crippen LogP contribution in [0.2, 0.25) is 5.02 Å². The predicted molar refractivity (Wildman–Crippen MR) is 111 cm³/mol. The van der Waals surface area contributed by atoms with Gasteiger partial charge in [-0.05, 0) is 42.8 Å². The summed E-state index contributed by atoms with van der Waals surface area (Å²) in [6, 6.07) is 10.3. The summed E-state index contributed by atoms with van der Waals surface area (Å²) in [4.78, 5) is 20.5. The van der Waals surface area contributed by atoms with Crippen molar-refractivity contribution in [2.24, 2.45) is 0 Å². The van der Waals surface area contributed by atoms with Gasteiger partial charge in [0.25, 0.3) is 5.91 Å². The first-order valence-electron chi connectivity index (χ1n) is 9.46. The molecule has 0 radical (unpaired) electrons. The molecule has 152 valence electrons. The summed E-state index contributed by atoms with van der Waals surface area (Å²) in [5.74, 6) is -1.09. The molecule has 0 spiro atoms. The molecule has 2 aromatic carbocycles. The van der Waals surface area contributed by atoms with E-state index in [1.54, 1.807) is 4.90 Å². The highest BCUT2D eigenvalue weighted by Crippen LogP contribution is 2.36. The lowest BCUT2D eigenvalue weighted by atomic mass is 10.1. The molecule has 0 aliphatic carbocycles. The number of benzene rings is 2. The first-order valence-corrected chi connectivity index (χ1v) is 9.84. The van der Waals surface area contributed by atoms with Gasteiger partial charge in [-0.15, -0.1) is 0 Å². The number of hydrogen-bond donors (Lipinski definition) is 0. The molecule has 2 heterocycles. The van der Waals surface area contributed by atoms with Crippen LogP contribution in [0, 0.1) is 23.0 Å². The molecule has 1 saturated heterocycles. The number of pyridine rings is 1. The Morgan fingerprint density at radius 3 is 2.57 bits per heavy atom. The van der Waals surface area contributed by atoms with Crippen LogP contribution in [0.5, 0.6) is 0 Å². The Hall–Kier alpha value is -3.24. The molecule has 1 aliphatic heterocycles. The Morgan fingerprint density at radius 2 is 1.83 bits per heavy atom. The molecule has 1 fully saturated rings. The van der Waals surface area contributed by atoms with E-state index in [1.165, 1.54) is 42.6 Å². The second-order valence-corrected chi connectivity index (χ2v) is 7.43. The normalized spacial score (nSPS) is 14.5. The number of anilines is 1. The molecule has 0 unspecified atom stereocenters. The molecular weight excluding hydrogens is 410 g/mol. The lowest BCUT2D eigenvalue weighted by molar-refractivity contribution is 0.0767. The van der Waals surface area contributed by atoms with E-state index in [0.29, 0.717) is 59.8 Å². The maximum Gasteiger partial charge on any atom is 0.253 e. The molecule has 0 atom stereocenters. The first-order chi connectivity index (χ1) is 14.5. The van der Waals surface area contributed by atoms with E-state index >= 15 is 0 Å². The average Bonchev–Trinajstić information content (AvgIpc) is 3.01. The Kier molecular flexibility index (Phi) is 5.51. The highest BCUT2D eigenvalue weighted by molar-refractivity contribution is 6.36. The molecule has 0 N–H and O–H groups in total. The summed E-state index contributed by atoms with van der Waals surface area (Å²) >= 11 is 6.36. The molecule has 5 nitrogen and oxygen atoms in total. The second-order valence-electron chi connectivity index (χ2n) is 7.02. The summed E-state index contributed by atoms with van der Waals surface area (Å²) in [7, 11) is 0. The molecule has 3 aromatic rings. The Balaban J connectivity index is 1.66. The van der Waals surface area contributed by atoms with Crippen molar-refractivity contribution in [1.82, 2.24) is 9.88 Å². The Morgan fingerprint density at radius 1 is 1.07 bits per heavy atom. The minimum atomic E-state index is -0.511. The molecule has 30 heavy (non-hydrogen) atoms. The third kappa shape index (κ3) is 3.66. The number of amides is 1. The van der Waals surface area contributed by atoms with Gasteiger partial charge in [-0.3, -0.25) is 9.78 Å².